The van der Waals surface area contributed by atoms with E-state index in [2.05, 4.69) is 15.4 Å². The first kappa shape index (κ1) is 17.7. The van der Waals surface area contributed by atoms with Gasteiger partial charge in [-0.15, -0.1) is 0 Å². The van der Waals surface area contributed by atoms with E-state index in [1.54, 1.807) is 36.4 Å². The Morgan fingerprint density at radius 3 is 2.15 bits per heavy atom. The quantitative estimate of drug-likeness (QED) is 0.783. The van der Waals surface area contributed by atoms with E-state index in [1.807, 2.05) is 12.1 Å². The van der Waals surface area contributed by atoms with Crippen molar-refractivity contribution in [1.82, 2.24) is 5.32 Å². The van der Waals surface area contributed by atoms with Crippen LogP contribution < -0.4 is 10.6 Å². The smallest absolute Gasteiger partial charge is 0.337 e. The molecule has 6 heteroatoms. The number of carbonyl (C=O) groups is 3. The van der Waals surface area contributed by atoms with Crippen LogP contribution in [-0.4, -0.2) is 30.9 Å². The second kappa shape index (κ2) is 7.82. The molecule has 0 atom stereocenters. The predicted octanol–water partition coefficient (Wildman–Crippen LogP) is 2.55. The molecular formula is C20H20N2O4. The molecule has 0 spiro atoms. The number of carbonyl (C=O) groups excluding carboxylic acids is 3. The summed E-state index contributed by atoms with van der Waals surface area (Å²) >= 11 is 0. The molecule has 3 rings (SSSR count). The van der Waals surface area contributed by atoms with Crippen LogP contribution in [0.4, 0.5) is 5.69 Å². The van der Waals surface area contributed by atoms with E-state index in [0.717, 1.165) is 18.4 Å². The predicted molar refractivity (Wildman–Crippen MR) is 97.0 cm³/mol. The maximum absolute atomic E-state index is 12.3. The third kappa shape index (κ3) is 4.69. The van der Waals surface area contributed by atoms with Gasteiger partial charge in [0.1, 0.15) is 0 Å². The Morgan fingerprint density at radius 1 is 0.962 bits per heavy atom. The van der Waals surface area contributed by atoms with E-state index in [9.17, 15) is 14.4 Å². The zero-order valence-electron chi connectivity index (χ0n) is 14.5. The highest BCUT2D eigenvalue weighted by molar-refractivity contribution is 6.04. The lowest BCUT2D eigenvalue weighted by molar-refractivity contribution is -0.120. The number of esters is 1. The van der Waals surface area contributed by atoms with E-state index in [4.69, 9.17) is 0 Å². The van der Waals surface area contributed by atoms with E-state index in [1.165, 1.54) is 7.11 Å². The number of hydrogen-bond donors (Lipinski definition) is 2. The zero-order chi connectivity index (χ0) is 18.5. The summed E-state index contributed by atoms with van der Waals surface area (Å²) in [6.07, 6.45) is 2.47. The Kier molecular flexibility index (Phi) is 5.31. The average Bonchev–Trinajstić information content (AvgIpc) is 3.46. The van der Waals surface area contributed by atoms with Crippen molar-refractivity contribution in [1.29, 1.82) is 0 Å². The normalized spacial score (nSPS) is 13.0. The Hall–Kier alpha value is -3.15. The van der Waals surface area contributed by atoms with Gasteiger partial charge in [-0.05, 0) is 54.8 Å². The molecule has 26 heavy (non-hydrogen) atoms. The molecule has 1 aliphatic rings. The van der Waals surface area contributed by atoms with E-state index in [-0.39, 0.29) is 11.8 Å². The van der Waals surface area contributed by atoms with E-state index in [0.29, 0.717) is 29.3 Å². The molecule has 2 aromatic rings. The van der Waals surface area contributed by atoms with Crippen LogP contribution in [0.2, 0.25) is 0 Å². The fourth-order valence-corrected chi connectivity index (χ4v) is 2.48. The third-order valence-electron chi connectivity index (χ3n) is 4.09. The summed E-state index contributed by atoms with van der Waals surface area (Å²) < 4.78 is 4.63. The summed E-state index contributed by atoms with van der Waals surface area (Å²) in [6, 6.07) is 13.7. The molecule has 1 fully saturated rings. The summed E-state index contributed by atoms with van der Waals surface area (Å²) in [7, 11) is 1.31. The highest BCUT2D eigenvalue weighted by Gasteiger charge is 2.23. The highest BCUT2D eigenvalue weighted by atomic mass is 16.5. The van der Waals surface area contributed by atoms with Gasteiger partial charge in [-0.3, -0.25) is 9.59 Å². The fraction of sp³-hybridized carbons (Fsp3) is 0.250. The zero-order valence-corrected chi connectivity index (χ0v) is 14.5. The lowest BCUT2D eigenvalue weighted by Gasteiger charge is -2.08. The van der Waals surface area contributed by atoms with Crippen molar-refractivity contribution in [2.45, 2.75) is 25.3 Å². The Morgan fingerprint density at radius 2 is 1.58 bits per heavy atom. The number of amides is 2. The van der Waals surface area contributed by atoms with E-state index < -0.39 is 5.97 Å². The third-order valence-corrected chi connectivity index (χ3v) is 4.09. The van der Waals surface area contributed by atoms with Crippen LogP contribution >= 0.6 is 0 Å². The van der Waals surface area contributed by atoms with Gasteiger partial charge in [0.2, 0.25) is 5.91 Å². The molecule has 1 saturated carbocycles. The van der Waals surface area contributed by atoms with Gasteiger partial charge in [-0.25, -0.2) is 4.79 Å². The van der Waals surface area contributed by atoms with Crippen molar-refractivity contribution in [3.63, 3.8) is 0 Å². The minimum Gasteiger partial charge on any atom is -0.465 e. The molecule has 6 nitrogen and oxygen atoms in total. The second-order valence-electron chi connectivity index (χ2n) is 6.24. The summed E-state index contributed by atoms with van der Waals surface area (Å²) in [4.78, 5) is 35.5. The molecule has 2 amide bonds. The van der Waals surface area contributed by atoms with Crippen LogP contribution in [-0.2, 0) is 16.0 Å². The summed E-state index contributed by atoms with van der Waals surface area (Å²) in [6.45, 7) is 0. The summed E-state index contributed by atoms with van der Waals surface area (Å²) in [5.74, 6) is -0.700. The van der Waals surface area contributed by atoms with Gasteiger partial charge >= 0.3 is 5.97 Å². The van der Waals surface area contributed by atoms with Gasteiger partial charge in [0.25, 0.3) is 5.91 Å². The standard InChI is InChI=1S/C20H20N2O4/c1-26-20(25)15-6-4-14(5-7-15)19(24)22-17-8-2-13(3-9-17)12-18(23)21-16-10-11-16/h2-9,16H,10-12H2,1H3,(H,21,23)(H,22,24). The molecule has 2 aromatic carbocycles. The average molecular weight is 352 g/mol. The molecular weight excluding hydrogens is 332 g/mol. The SMILES string of the molecule is COC(=O)c1ccc(C(=O)Nc2ccc(CC(=O)NC3CC3)cc2)cc1. The number of methoxy groups -OCH3 is 1. The molecule has 1 aliphatic carbocycles. The van der Waals surface area contributed by atoms with Crippen molar-refractivity contribution in [3.8, 4) is 0 Å². The van der Waals surface area contributed by atoms with Gasteiger partial charge in [0, 0.05) is 17.3 Å². The topological polar surface area (TPSA) is 84.5 Å². The molecule has 0 aromatic heterocycles. The number of nitrogens with one attached hydrogen (secondary N) is 2. The van der Waals surface area contributed by atoms with Crippen LogP contribution in [0.3, 0.4) is 0 Å². The van der Waals surface area contributed by atoms with Crippen molar-refractivity contribution >= 4 is 23.5 Å². The molecule has 0 bridgehead atoms. The number of benzene rings is 2. The van der Waals surface area contributed by atoms with Gasteiger partial charge in [-0.1, -0.05) is 12.1 Å². The molecule has 0 heterocycles. The monoisotopic (exact) mass is 352 g/mol. The molecule has 0 unspecified atom stereocenters. The summed E-state index contributed by atoms with van der Waals surface area (Å²) in [5, 5.41) is 5.73. The number of rotatable bonds is 6. The molecule has 0 radical (unpaired) electrons. The van der Waals surface area contributed by atoms with Crippen molar-refractivity contribution in [3.05, 3.63) is 65.2 Å². The van der Waals surface area contributed by atoms with Crippen molar-refractivity contribution in [2.24, 2.45) is 0 Å². The minimum absolute atomic E-state index is 0.0231. The molecule has 0 saturated heterocycles. The van der Waals surface area contributed by atoms with Crippen molar-refractivity contribution in [2.75, 3.05) is 12.4 Å². The number of anilines is 1. The largest absolute Gasteiger partial charge is 0.465 e. The van der Waals surface area contributed by atoms with Crippen LogP contribution in [0.15, 0.2) is 48.5 Å². The lowest BCUT2D eigenvalue weighted by Crippen LogP contribution is -2.26. The first-order valence-corrected chi connectivity index (χ1v) is 8.43. The Balaban J connectivity index is 1.56. The fourth-order valence-electron chi connectivity index (χ4n) is 2.48. The first-order chi connectivity index (χ1) is 12.5. The second-order valence-corrected chi connectivity index (χ2v) is 6.24. The lowest BCUT2D eigenvalue weighted by atomic mass is 10.1. The molecule has 2 N–H and O–H groups in total. The van der Waals surface area contributed by atoms with Crippen LogP contribution in [0.25, 0.3) is 0 Å². The van der Waals surface area contributed by atoms with E-state index >= 15 is 0 Å². The minimum atomic E-state index is -0.446. The molecule has 134 valence electrons. The van der Waals surface area contributed by atoms with Gasteiger partial charge < -0.3 is 15.4 Å². The summed E-state index contributed by atoms with van der Waals surface area (Å²) in [5.41, 5.74) is 2.35. The maximum atomic E-state index is 12.3. The van der Waals surface area contributed by atoms with Crippen LogP contribution in [0, 0.1) is 0 Å². The Bertz CT molecular complexity index is 809. The van der Waals surface area contributed by atoms with Gasteiger partial charge in [0.15, 0.2) is 0 Å². The first-order valence-electron chi connectivity index (χ1n) is 8.43. The molecule has 0 aliphatic heterocycles. The maximum Gasteiger partial charge on any atom is 0.337 e. The van der Waals surface area contributed by atoms with Gasteiger partial charge in [0.05, 0.1) is 19.1 Å². The Labute approximate surface area is 151 Å². The van der Waals surface area contributed by atoms with Gasteiger partial charge in [-0.2, -0.15) is 0 Å². The van der Waals surface area contributed by atoms with Crippen LogP contribution in [0.1, 0.15) is 39.1 Å². The number of hydrogen-bond acceptors (Lipinski definition) is 4. The van der Waals surface area contributed by atoms with Crippen LogP contribution in [0.5, 0.6) is 0 Å². The van der Waals surface area contributed by atoms with Crippen molar-refractivity contribution < 1.29 is 19.1 Å². The highest BCUT2D eigenvalue weighted by Crippen LogP contribution is 2.19. The number of ether oxygens (including phenoxy) is 1.